The van der Waals surface area contributed by atoms with Crippen molar-refractivity contribution in [3.05, 3.63) is 89.7 Å². The zero-order valence-corrected chi connectivity index (χ0v) is 22.6. The topological polar surface area (TPSA) is 69.9 Å². The molecule has 1 N–H and O–H groups in total. The second-order valence-electron chi connectivity index (χ2n) is 9.61. The van der Waals surface area contributed by atoms with Gasteiger partial charge < -0.3 is 23.7 Å². The largest absolute Gasteiger partial charge is 0.563 e. The maximum absolute atomic E-state index is 12.4. The Morgan fingerprint density at radius 1 is 1.19 bits per heavy atom. The number of nitrogens with zero attached hydrogens (tertiary/aromatic N) is 1. The minimum absolute atomic E-state index is 0.175. The van der Waals surface area contributed by atoms with E-state index in [-0.39, 0.29) is 12.4 Å². The number of thioether (sulfide) groups is 1. The summed E-state index contributed by atoms with van der Waals surface area (Å²) in [7, 11) is -0.492. The number of fused-ring (bicyclic) bond motifs is 1. The molecule has 0 unspecified atom stereocenters. The van der Waals surface area contributed by atoms with Gasteiger partial charge in [0.15, 0.2) is 0 Å². The molecule has 192 valence electrons. The summed E-state index contributed by atoms with van der Waals surface area (Å²) in [5.41, 5.74) is 3.65. The van der Waals surface area contributed by atoms with E-state index in [9.17, 15) is 9.90 Å². The first-order valence-corrected chi connectivity index (χ1v) is 13.0. The number of carbonyl (C=O) groups excluding carboxylic acids is 1. The van der Waals surface area contributed by atoms with Crippen LogP contribution in [0.5, 0.6) is 5.75 Å². The van der Waals surface area contributed by atoms with Crippen LogP contribution in [0.2, 0.25) is 0 Å². The summed E-state index contributed by atoms with van der Waals surface area (Å²) in [5, 5.41) is 11.1. The van der Waals surface area contributed by atoms with E-state index >= 15 is 0 Å². The number of allylic oxidation sites excluding steroid dienone is 1. The van der Waals surface area contributed by atoms with Gasteiger partial charge in [0.2, 0.25) is 0 Å². The Hall–Kier alpha value is -3.36. The van der Waals surface area contributed by atoms with Crippen LogP contribution in [-0.4, -0.2) is 35.0 Å². The number of benzene rings is 2. The van der Waals surface area contributed by atoms with Crippen LogP contribution in [0.4, 0.5) is 0 Å². The van der Waals surface area contributed by atoms with Gasteiger partial charge in [-0.1, -0.05) is 55.8 Å². The lowest BCUT2D eigenvalue weighted by Gasteiger charge is -2.15. The Bertz CT molecular complexity index is 1390. The van der Waals surface area contributed by atoms with Crippen LogP contribution in [0.15, 0.2) is 83.3 Å². The molecule has 0 saturated carbocycles. The van der Waals surface area contributed by atoms with Gasteiger partial charge in [-0.25, -0.2) is 4.79 Å². The van der Waals surface area contributed by atoms with E-state index in [1.165, 1.54) is 11.8 Å². The summed E-state index contributed by atoms with van der Waals surface area (Å²) in [6.07, 6.45) is 0.308. The first kappa shape index (κ1) is 26.7. The van der Waals surface area contributed by atoms with Gasteiger partial charge in [0.25, 0.3) is 0 Å². The van der Waals surface area contributed by atoms with Crippen molar-refractivity contribution in [3.8, 4) is 5.75 Å². The molecule has 0 radical (unpaired) electrons. The van der Waals surface area contributed by atoms with Gasteiger partial charge in [-0.3, -0.25) is 0 Å². The molecular weight excluding hydrogens is 485 g/mol. The van der Waals surface area contributed by atoms with Crippen LogP contribution in [-0.2, 0) is 31.8 Å². The van der Waals surface area contributed by atoms with Crippen LogP contribution in [0.3, 0.4) is 0 Å². The molecule has 0 bridgehead atoms. The average Bonchev–Trinajstić information content (AvgIpc) is 3.26. The first-order chi connectivity index (χ1) is 17.5. The summed E-state index contributed by atoms with van der Waals surface area (Å²) < 4.78 is 19.2. The number of aromatic hydroxyl groups is 1. The van der Waals surface area contributed by atoms with Crippen molar-refractivity contribution < 1.29 is 23.9 Å². The van der Waals surface area contributed by atoms with Gasteiger partial charge in [-0.2, -0.15) is 0 Å². The van der Waals surface area contributed by atoms with Gasteiger partial charge in [0, 0.05) is 40.0 Å². The normalized spacial score (nSPS) is 14.6. The Morgan fingerprint density at radius 3 is 2.49 bits per heavy atom. The lowest BCUT2D eigenvalue weighted by Crippen LogP contribution is -2.34. The fourth-order valence-electron chi connectivity index (χ4n) is 4.24. The molecule has 6 nitrogen and oxygen atoms in total. The van der Waals surface area contributed by atoms with E-state index in [0.717, 1.165) is 37.4 Å². The van der Waals surface area contributed by atoms with E-state index in [4.69, 9.17) is 14.0 Å². The number of phenolic OH excluding ortho intramolecular Hbond substituents is 1. The van der Waals surface area contributed by atoms with Crippen molar-refractivity contribution in [1.29, 1.82) is 0 Å². The standard InChI is InChI=1S/C29H32BNO5S/c1-8-34-28(33)19(4)15-26-27(37-18(2)3)24-16-23(32)13-14-25(24)31(26)17-21-9-11-22(12-10-21)30-35-20(5)29(6,7)36-30/h9-14,16,32H,2,4-5,8,15,17H2,1,3,6-7H3. The minimum Gasteiger partial charge on any atom is -0.534 e. The maximum Gasteiger partial charge on any atom is 0.563 e. The Kier molecular flexibility index (Phi) is 7.62. The molecule has 2 heterocycles. The quantitative estimate of drug-likeness (QED) is 0.170. The summed E-state index contributed by atoms with van der Waals surface area (Å²) in [5.74, 6) is 0.367. The summed E-state index contributed by atoms with van der Waals surface area (Å²) in [4.78, 5) is 14.3. The number of phenols is 1. The Labute approximate surface area is 222 Å². The Balaban J connectivity index is 1.73. The van der Waals surface area contributed by atoms with Crippen LogP contribution in [0, 0.1) is 0 Å². The predicted molar refractivity (Wildman–Crippen MR) is 150 cm³/mol. The minimum atomic E-state index is -0.535. The lowest BCUT2D eigenvalue weighted by molar-refractivity contribution is -0.138. The molecule has 0 amide bonds. The van der Waals surface area contributed by atoms with Crippen LogP contribution < -0.4 is 5.46 Å². The number of hydrogen-bond donors (Lipinski definition) is 1. The summed E-state index contributed by atoms with van der Waals surface area (Å²) in [6, 6.07) is 13.4. The number of ether oxygens (including phenoxy) is 1. The van der Waals surface area contributed by atoms with Crippen LogP contribution in [0.1, 0.15) is 39.0 Å². The molecule has 1 saturated heterocycles. The van der Waals surface area contributed by atoms with Crippen LogP contribution >= 0.6 is 11.8 Å². The van der Waals surface area contributed by atoms with E-state index < -0.39 is 18.7 Å². The van der Waals surface area contributed by atoms with Gasteiger partial charge in [-0.15, -0.1) is 0 Å². The monoisotopic (exact) mass is 517 g/mol. The highest BCUT2D eigenvalue weighted by Gasteiger charge is 2.42. The third-order valence-electron chi connectivity index (χ3n) is 6.24. The summed E-state index contributed by atoms with van der Waals surface area (Å²) in [6.45, 7) is 20.4. The van der Waals surface area contributed by atoms with Gasteiger partial charge >= 0.3 is 13.1 Å². The molecule has 1 aliphatic rings. The molecule has 0 aliphatic carbocycles. The highest BCUT2D eigenvalue weighted by molar-refractivity contribution is 8.03. The smallest absolute Gasteiger partial charge is 0.534 e. The molecule has 3 aromatic rings. The van der Waals surface area contributed by atoms with Crippen molar-refractivity contribution in [3.63, 3.8) is 0 Å². The highest BCUT2D eigenvalue weighted by Crippen LogP contribution is 2.40. The molecule has 0 atom stereocenters. The summed E-state index contributed by atoms with van der Waals surface area (Å²) >= 11 is 1.52. The molecule has 1 aromatic heterocycles. The molecule has 2 aromatic carbocycles. The van der Waals surface area contributed by atoms with E-state index in [1.54, 1.807) is 19.1 Å². The third kappa shape index (κ3) is 5.65. The molecule has 4 rings (SSSR count). The molecular formula is C29H32BNO5S. The lowest BCUT2D eigenvalue weighted by atomic mass is 9.79. The van der Waals surface area contributed by atoms with Crippen molar-refractivity contribution in [2.24, 2.45) is 0 Å². The number of rotatable bonds is 9. The van der Waals surface area contributed by atoms with E-state index in [0.29, 0.717) is 24.3 Å². The Morgan fingerprint density at radius 2 is 1.89 bits per heavy atom. The molecule has 0 spiro atoms. The van der Waals surface area contributed by atoms with Gasteiger partial charge in [-0.05, 0) is 61.8 Å². The van der Waals surface area contributed by atoms with Gasteiger partial charge in [0.1, 0.15) is 11.4 Å². The number of hydrogen-bond acceptors (Lipinski definition) is 6. The van der Waals surface area contributed by atoms with E-state index in [1.807, 2.05) is 51.1 Å². The van der Waals surface area contributed by atoms with Crippen LogP contribution in [0.25, 0.3) is 10.9 Å². The number of aromatic nitrogens is 1. The molecule has 37 heavy (non-hydrogen) atoms. The number of carbonyl (C=O) groups is 1. The predicted octanol–water partition coefficient (Wildman–Crippen LogP) is 5.72. The SMILES string of the molecule is C=C(C)Sc1c(CC(=C)C(=O)OCC)n(Cc2ccc(B3OC(=C)C(C)(C)O3)cc2)c2ccc(O)cc12. The average molecular weight is 517 g/mol. The van der Waals surface area contributed by atoms with E-state index in [2.05, 4.69) is 24.3 Å². The second kappa shape index (κ2) is 10.6. The molecule has 8 heteroatoms. The second-order valence-corrected chi connectivity index (χ2v) is 10.9. The van der Waals surface area contributed by atoms with Crippen molar-refractivity contribution in [2.75, 3.05) is 6.61 Å². The third-order valence-corrected chi connectivity index (χ3v) is 7.25. The fourth-order valence-corrected chi connectivity index (χ4v) is 5.17. The molecule has 1 aliphatic heterocycles. The van der Waals surface area contributed by atoms with Crippen molar-refractivity contribution in [1.82, 2.24) is 4.57 Å². The first-order valence-electron chi connectivity index (χ1n) is 12.1. The molecule has 1 fully saturated rings. The van der Waals surface area contributed by atoms with Gasteiger partial charge in [0.05, 0.1) is 12.4 Å². The fraction of sp³-hybridized carbons (Fsp3) is 0.276. The number of esters is 1. The maximum atomic E-state index is 12.4. The van der Waals surface area contributed by atoms with Crippen molar-refractivity contribution >= 4 is 41.2 Å². The zero-order valence-electron chi connectivity index (χ0n) is 21.8. The highest BCUT2D eigenvalue weighted by atomic mass is 32.2. The van der Waals surface area contributed by atoms with Crippen molar-refractivity contribution in [2.45, 2.75) is 51.2 Å². The zero-order chi connectivity index (χ0) is 26.9.